The van der Waals surface area contributed by atoms with Crippen LogP contribution in [0.4, 0.5) is 0 Å². The first kappa shape index (κ1) is 16.8. The first-order valence-electron chi connectivity index (χ1n) is 0.901. The Morgan fingerprint density at radius 2 is 1.83 bits per heavy atom. The summed E-state index contributed by atoms with van der Waals surface area (Å²) >= 11 is 0. The van der Waals surface area contributed by atoms with Gasteiger partial charge in [-0.05, 0) is 6.29 Å². The van der Waals surface area contributed by atoms with Gasteiger partial charge in [0.05, 0.1) is 0 Å². The summed E-state index contributed by atoms with van der Waals surface area (Å²) in [6.45, 7) is 3.06. The third kappa shape index (κ3) is 38.4. The zero-order chi connectivity index (χ0) is 3.41. The van der Waals surface area contributed by atoms with Gasteiger partial charge in [-0.3, -0.25) is 0 Å². The van der Waals surface area contributed by atoms with Crippen molar-refractivity contribution in [1.82, 2.24) is 0 Å². The van der Waals surface area contributed by atoms with E-state index in [1.165, 1.54) is 6.29 Å². The molecule has 0 aromatic heterocycles. The van der Waals surface area contributed by atoms with E-state index in [9.17, 15) is 0 Å². The molecule has 0 fully saturated rings. The molecule has 0 aliphatic heterocycles. The molecule has 0 bridgehead atoms. The van der Waals surface area contributed by atoms with Crippen molar-refractivity contribution >= 4 is 6.29 Å². The molecule has 34 valence electrons. The number of hydrogen-bond donors (Lipinski definition) is 0. The molecule has 0 aliphatic rings. The zero-order valence-corrected chi connectivity index (χ0v) is 4.88. The summed E-state index contributed by atoms with van der Waals surface area (Å²) in [6, 6.07) is 0. The van der Waals surface area contributed by atoms with Gasteiger partial charge >= 0.3 is 17.4 Å². The van der Waals surface area contributed by atoms with E-state index in [-0.39, 0.29) is 24.8 Å². The average molecular weight is 122 g/mol. The largest absolute Gasteiger partial charge is 2.00 e. The van der Waals surface area contributed by atoms with Gasteiger partial charge in [0.2, 0.25) is 0 Å². The average Bonchev–Trinajstić information content (AvgIpc) is 1.37. The summed E-state index contributed by atoms with van der Waals surface area (Å²) in [6.07, 6.45) is 2.51. The van der Waals surface area contributed by atoms with Crippen LogP contribution in [0, 0.1) is 7.43 Å². The molecular weight excluding hydrogens is 116 g/mol. The Bertz CT molecular complexity index is 28.5. The van der Waals surface area contributed by atoms with Crippen LogP contribution < -0.4 is 0 Å². The molecular formula is C4H6CrO. The summed E-state index contributed by atoms with van der Waals surface area (Å²) in [4.78, 5) is 8.93. The van der Waals surface area contributed by atoms with Crippen LogP contribution in [-0.4, -0.2) is 6.29 Å². The summed E-state index contributed by atoms with van der Waals surface area (Å²) < 4.78 is 0. The Hall–Kier alpha value is -0.0575. The van der Waals surface area contributed by atoms with Crippen molar-refractivity contribution < 1.29 is 22.2 Å². The third-order valence-electron chi connectivity index (χ3n) is 0.0833. The molecule has 2 heteroatoms. The topological polar surface area (TPSA) is 17.1 Å². The summed E-state index contributed by atoms with van der Waals surface area (Å²) in [5.74, 6) is 0. The molecule has 0 saturated carbocycles. The Labute approximate surface area is 49.2 Å². The predicted octanol–water partition coefficient (Wildman–Crippen LogP) is 0.730. The van der Waals surface area contributed by atoms with Crippen molar-refractivity contribution in [2.75, 3.05) is 0 Å². The van der Waals surface area contributed by atoms with Gasteiger partial charge < -0.3 is 12.2 Å². The van der Waals surface area contributed by atoms with Crippen molar-refractivity contribution in [3.63, 3.8) is 0 Å². The quantitative estimate of drug-likeness (QED) is 0.370. The van der Waals surface area contributed by atoms with Crippen LogP contribution in [0.1, 0.15) is 0 Å². The molecule has 0 spiro atoms. The molecule has 0 saturated heterocycles. The van der Waals surface area contributed by atoms with Crippen LogP contribution in [0.3, 0.4) is 0 Å². The van der Waals surface area contributed by atoms with Crippen molar-refractivity contribution in [3.8, 4) is 0 Å². The molecule has 6 heavy (non-hydrogen) atoms. The third-order valence-corrected chi connectivity index (χ3v) is 0.0833. The number of hydrogen-bond acceptors (Lipinski definition) is 1. The van der Waals surface area contributed by atoms with Crippen molar-refractivity contribution in [2.24, 2.45) is 0 Å². The van der Waals surface area contributed by atoms with Gasteiger partial charge in [-0.1, -0.05) is 0 Å². The molecule has 0 aliphatic carbocycles. The van der Waals surface area contributed by atoms with Gasteiger partial charge in [0, 0.05) is 0 Å². The van der Waals surface area contributed by atoms with Crippen LogP contribution >= 0.6 is 0 Å². The molecule has 0 unspecified atom stereocenters. The van der Waals surface area contributed by atoms with Crippen molar-refractivity contribution in [3.05, 3.63) is 20.1 Å². The number of allylic oxidation sites excluding steroid dienone is 1. The van der Waals surface area contributed by atoms with E-state index in [2.05, 4.69) is 6.58 Å². The van der Waals surface area contributed by atoms with Crippen LogP contribution in [0.5, 0.6) is 0 Å². The smallest absolute Gasteiger partial charge is 0.419 e. The van der Waals surface area contributed by atoms with Crippen LogP contribution in [0.15, 0.2) is 12.7 Å². The SMILES string of the molecule is C=C[C-]=O.[CH3-].[Cr+2]. The van der Waals surface area contributed by atoms with E-state index in [0.717, 1.165) is 6.08 Å². The second-order valence-electron chi connectivity index (χ2n) is 0.322. The fourth-order valence-electron chi connectivity index (χ4n) is 0. The van der Waals surface area contributed by atoms with Crippen LogP contribution in [-0.2, 0) is 22.2 Å². The summed E-state index contributed by atoms with van der Waals surface area (Å²) in [5.41, 5.74) is 0. The second kappa shape index (κ2) is 20.4. The normalized spacial score (nSPS) is 3.33. The van der Waals surface area contributed by atoms with Gasteiger partial charge in [0.25, 0.3) is 0 Å². The van der Waals surface area contributed by atoms with E-state index < -0.39 is 0 Å². The minimum atomic E-state index is 0. The van der Waals surface area contributed by atoms with E-state index in [0.29, 0.717) is 0 Å². The maximum Gasteiger partial charge on any atom is 2.00 e. The van der Waals surface area contributed by atoms with Crippen molar-refractivity contribution in [2.45, 2.75) is 0 Å². The van der Waals surface area contributed by atoms with Crippen LogP contribution in [0.2, 0.25) is 0 Å². The Balaban J connectivity index is -0.0000000450. The maximum absolute atomic E-state index is 8.93. The summed E-state index contributed by atoms with van der Waals surface area (Å²) in [7, 11) is 0. The molecule has 0 radical (unpaired) electrons. The molecule has 0 aromatic carbocycles. The molecule has 0 atom stereocenters. The van der Waals surface area contributed by atoms with Gasteiger partial charge in [0.15, 0.2) is 0 Å². The predicted molar refractivity (Wildman–Crippen MR) is 22.3 cm³/mol. The van der Waals surface area contributed by atoms with Crippen molar-refractivity contribution in [1.29, 1.82) is 0 Å². The van der Waals surface area contributed by atoms with Gasteiger partial charge in [0.1, 0.15) is 0 Å². The Morgan fingerprint density at radius 3 is 1.83 bits per heavy atom. The molecule has 0 rings (SSSR count). The molecule has 0 aromatic rings. The molecule has 0 amide bonds. The fourth-order valence-corrected chi connectivity index (χ4v) is 0. The van der Waals surface area contributed by atoms with E-state index in [1.54, 1.807) is 0 Å². The minimum Gasteiger partial charge on any atom is -0.419 e. The van der Waals surface area contributed by atoms with Gasteiger partial charge in [-0.25, -0.2) is 12.7 Å². The van der Waals surface area contributed by atoms with Crippen LogP contribution in [0.25, 0.3) is 0 Å². The number of rotatable bonds is 1. The minimum absolute atomic E-state index is 0. The van der Waals surface area contributed by atoms with Gasteiger partial charge in [-0.15, -0.1) is 0 Å². The van der Waals surface area contributed by atoms with E-state index >= 15 is 0 Å². The standard InChI is InChI=1S/C3H3O.CH3.Cr/c1-2-3-4;;/h2H,1H2;1H3;/q2*-1;+2. The van der Waals surface area contributed by atoms with E-state index in [4.69, 9.17) is 4.79 Å². The zero-order valence-electron chi connectivity index (χ0n) is 3.60. The van der Waals surface area contributed by atoms with Gasteiger partial charge in [-0.2, -0.15) is 0 Å². The Kier molecular flexibility index (Phi) is 56.9. The maximum atomic E-state index is 8.93. The first-order chi connectivity index (χ1) is 1.91. The first-order valence-corrected chi connectivity index (χ1v) is 0.901. The second-order valence-corrected chi connectivity index (χ2v) is 0.322. The summed E-state index contributed by atoms with van der Waals surface area (Å²) in [5, 5.41) is 0. The Morgan fingerprint density at radius 1 is 1.67 bits per heavy atom. The van der Waals surface area contributed by atoms with E-state index in [1.807, 2.05) is 0 Å². The fraction of sp³-hybridized carbons (Fsp3) is 0. The molecule has 0 N–H and O–H groups in total. The monoisotopic (exact) mass is 122 g/mol. The molecule has 1 nitrogen and oxygen atoms in total. The number of carbonyl (C=O) groups excluding carboxylic acids is 1. The molecule has 0 heterocycles.